The first kappa shape index (κ1) is 30.2. The third kappa shape index (κ3) is 5.46. The number of pyridine rings is 1. The highest BCUT2D eigenvalue weighted by Gasteiger charge is 2.42. The molecule has 0 amide bonds. The van der Waals surface area contributed by atoms with Crippen molar-refractivity contribution in [2.24, 2.45) is 11.8 Å². The number of benzene rings is 2. The number of ether oxygens (including phenoxy) is 1. The summed E-state index contributed by atoms with van der Waals surface area (Å²) in [5, 5.41) is 4.89. The van der Waals surface area contributed by atoms with E-state index in [0.717, 1.165) is 52.8 Å². The molecule has 0 bridgehead atoms. The number of esters is 1. The van der Waals surface area contributed by atoms with E-state index < -0.39 is 0 Å². The summed E-state index contributed by atoms with van der Waals surface area (Å²) in [5.74, 6) is 0.861. The van der Waals surface area contributed by atoms with Crippen LogP contribution in [0.25, 0.3) is 5.69 Å². The second-order valence-corrected chi connectivity index (χ2v) is 12.9. The van der Waals surface area contributed by atoms with Crippen LogP contribution in [-0.2, 0) is 4.74 Å². The van der Waals surface area contributed by atoms with Crippen LogP contribution in [0.1, 0.15) is 65.4 Å². The van der Waals surface area contributed by atoms with E-state index in [1.165, 1.54) is 13.5 Å². The zero-order chi connectivity index (χ0) is 31.1. The minimum atomic E-state index is -0.376. The maximum atomic E-state index is 12.7. The minimum absolute atomic E-state index is 0.212. The van der Waals surface area contributed by atoms with E-state index in [0.29, 0.717) is 27.5 Å². The van der Waals surface area contributed by atoms with Crippen LogP contribution in [-0.4, -0.2) is 40.8 Å². The fraction of sp³-hybridized carbons (Fsp3) is 0.343. The lowest BCUT2D eigenvalue weighted by molar-refractivity contribution is 0.0600. The van der Waals surface area contributed by atoms with Gasteiger partial charge in [-0.15, -0.1) is 0 Å². The van der Waals surface area contributed by atoms with Crippen molar-refractivity contribution in [3.05, 3.63) is 106 Å². The lowest BCUT2D eigenvalue weighted by Crippen LogP contribution is -2.38. The number of piperidine rings is 1. The molecule has 228 valence electrons. The van der Waals surface area contributed by atoms with Gasteiger partial charge < -0.3 is 24.4 Å². The van der Waals surface area contributed by atoms with Crippen LogP contribution < -0.4 is 15.1 Å². The largest absolute Gasteiger partial charge is 0.465 e. The van der Waals surface area contributed by atoms with Crippen LogP contribution in [0.5, 0.6) is 0 Å². The molecule has 44 heavy (non-hydrogen) atoms. The normalized spacial score (nSPS) is 21.8. The number of nitrogens with one attached hydrogen (secondary N) is 1. The summed E-state index contributed by atoms with van der Waals surface area (Å²) in [6.45, 7) is 10.7. The number of anilines is 2. The highest BCUT2D eigenvalue weighted by Crippen LogP contribution is 2.45. The smallest absolute Gasteiger partial charge is 0.339 e. The molecule has 2 saturated heterocycles. The van der Waals surface area contributed by atoms with E-state index in [9.17, 15) is 4.79 Å². The maximum Gasteiger partial charge on any atom is 0.339 e. The highest BCUT2D eigenvalue weighted by molar-refractivity contribution is 7.80. The van der Waals surface area contributed by atoms with Crippen molar-refractivity contribution < 1.29 is 9.53 Å². The number of halogens is 1. The van der Waals surface area contributed by atoms with Crippen LogP contribution in [0.4, 0.5) is 11.4 Å². The zero-order valence-corrected chi connectivity index (χ0v) is 27.3. The van der Waals surface area contributed by atoms with Crippen molar-refractivity contribution in [2.75, 3.05) is 30.0 Å². The summed E-state index contributed by atoms with van der Waals surface area (Å²) in [6.07, 6.45) is 3.04. The third-order valence-electron chi connectivity index (χ3n) is 8.86. The molecular formula is C35H38ClN5O2S. The number of hydrogen-bond donors (Lipinski definition) is 1. The van der Waals surface area contributed by atoms with Crippen molar-refractivity contribution >= 4 is 46.3 Å². The quantitative estimate of drug-likeness (QED) is 0.175. The number of rotatable bonds is 6. The number of aromatic nitrogens is 2. The fourth-order valence-corrected chi connectivity index (χ4v) is 7.76. The van der Waals surface area contributed by atoms with Gasteiger partial charge in [0, 0.05) is 36.4 Å². The summed E-state index contributed by atoms with van der Waals surface area (Å²) in [7, 11) is 1.41. The summed E-state index contributed by atoms with van der Waals surface area (Å²) in [4.78, 5) is 22.0. The van der Waals surface area contributed by atoms with Crippen LogP contribution in [0.2, 0.25) is 5.02 Å². The number of nitrogens with zero attached hydrogens (tertiary/aromatic N) is 4. The van der Waals surface area contributed by atoms with Gasteiger partial charge >= 0.3 is 5.97 Å². The van der Waals surface area contributed by atoms with Crippen LogP contribution in [0, 0.1) is 25.7 Å². The molecule has 1 N–H and O–H groups in total. The van der Waals surface area contributed by atoms with E-state index >= 15 is 0 Å². The maximum absolute atomic E-state index is 12.7. The molecule has 4 aromatic rings. The first-order chi connectivity index (χ1) is 21.2. The number of carbonyl (C=O) groups excluding carboxylic acids is 1. The average molecular weight is 628 g/mol. The molecule has 2 aromatic heterocycles. The molecule has 6 rings (SSSR count). The molecule has 2 aliphatic heterocycles. The van der Waals surface area contributed by atoms with E-state index in [1.807, 2.05) is 48.7 Å². The Hall–Kier alpha value is -3.88. The summed E-state index contributed by atoms with van der Waals surface area (Å²) >= 11 is 13.1. The number of para-hydroxylation sites is 1. The Balaban J connectivity index is 1.46. The van der Waals surface area contributed by atoms with Crippen molar-refractivity contribution in [3.63, 3.8) is 0 Å². The average Bonchev–Trinajstić information content (AvgIpc) is 3.50. The minimum Gasteiger partial charge on any atom is -0.465 e. The molecular weight excluding hydrogens is 590 g/mol. The van der Waals surface area contributed by atoms with Gasteiger partial charge in [-0.05, 0) is 98.4 Å². The molecule has 4 heterocycles. The molecule has 7 nitrogen and oxygen atoms in total. The van der Waals surface area contributed by atoms with E-state index in [2.05, 4.69) is 65.6 Å². The second-order valence-electron chi connectivity index (χ2n) is 12.2. The van der Waals surface area contributed by atoms with Gasteiger partial charge in [-0.1, -0.05) is 43.6 Å². The van der Waals surface area contributed by atoms with Crippen LogP contribution >= 0.6 is 23.8 Å². The van der Waals surface area contributed by atoms with Gasteiger partial charge in [-0.2, -0.15) is 0 Å². The first-order valence-corrected chi connectivity index (χ1v) is 15.9. The molecule has 9 heteroatoms. The topological polar surface area (TPSA) is 62.6 Å². The number of carbonyl (C=O) groups is 1. The van der Waals surface area contributed by atoms with Crippen molar-refractivity contribution in [3.8, 4) is 5.69 Å². The standard InChI is InChI=1S/C35H38ClN5O2S/c1-21-16-22(2)20-39(19-21)31-14-13-25(18-28(31)36)41-33(32(38-35(41)44)29-11-8-9-15-37-29)27-17-23(3)40(24(27)4)30-12-7-6-10-26(30)34(42)43-5/h6-15,17-18,21-22,32-33H,16,19-20H2,1-5H3,(H,38,44)/t21-,22+,32-,33-/m1/s1. The molecule has 2 aliphatic rings. The third-order valence-corrected chi connectivity index (χ3v) is 9.47. The van der Waals surface area contributed by atoms with Gasteiger partial charge in [0.15, 0.2) is 5.11 Å². The van der Waals surface area contributed by atoms with E-state index in [4.69, 9.17) is 33.5 Å². The summed E-state index contributed by atoms with van der Waals surface area (Å²) in [6, 6.07) is 21.5. The monoisotopic (exact) mass is 627 g/mol. The van der Waals surface area contributed by atoms with Gasteiger partial charge in [0.1, 0.15) is 0 Å². The number of methoxy groups -OCH3 is 1. The van der Waals surface area contributed by atoms with Crippen LogP contribution in [0.15, 0.2) is 72.9 Å². The Morgan fingerprint density at radius 1 is 1.00 bits per heavy atom. The number of hydrogen-bond acceptors (Lipinski definition) is 5. The molecule has 4 atom stereocenters. The van der Waals surface area contributed by atoms with Gasteiger partial charge in [0.2, 0.25) is 0 Å². The molecule has 0 radical (unpaired) electrons. The lowest BCUT2D eigenvalue weighted by Gasteiger charge is -2.37. The SMILES string of the molecule is COC(=O)c1ccccc1-n1c(C)cc([C@@H]2[C@@H](c3ccccn3)NC(=S)N2c2ccc(N3C[C@H](C)C[C@H](C)C3)c(Cl)c2)c1C. The van der Waals surface area contributed by atoms with Crippen molar-refractivity contribution in [1.29, 1.82) is 0 Å². The van der Waals surface area contributed by atoms with Crippen LogP contribution in [0.3, 0.4) is 0 Å². The Labute approximate surface area is 269 Å². The van der Waals surface area contributed by atoms with Crippen molar-refractivity contribution in [2.45, 2.75) is 46.2 Å². The predicted molar refractivity (Wildman–Crippen MR) is 181 cm³/mol. The zero-order valence-electron chi connectivity index (χ0n) is 25.8. The van der Waals surface area contributed by atoms with Gasteiger partial charge in [-0.3, -0.25) is 4.98 Å². The van der Waals surface area contributed by atoms with Crippen molar-refractivity contribution in [1.82, 2.24) is 14.9 Å². The Morgan fingerprint density at radius 2 is 1.73 bits per heavy atom. The highest BCUT2D eigenvalue weighted by atomic mass is 35.5. The number of thiocarbonyl (C=S) groups is 1. The van der Waals surface area contributed by atoms with E-state index in [1.54, 1.807) is 6.07 Å². The van der Waals surface area contributed by atoms with E-state index in [-0.39, 0.29) is 18.1 Å². The first-order valence-electron chi connectivity index (χ1n) is 15.1. The Kier molecular flexibility index (Phi) is 8.40. The summed E-state index contributed by atoms with van der Waals surface area (Å²) in [5.41, 5.74) is 7.20. The molecule has 2 fully saturated rings. The summed E-state index contributed by atoms with van der Waals surface area (Å²) < 4.78 is 7.23. The molecule has 0 aliphatic carbocycles. The lowest BCUT2D eigenvalue weighted by atomic mass is 9.91. The predicted octanol–water partition coefficient (Wildman–Crippen LogP) is 7.59. The fourth-order valence-electron chi connectivity index (χ4n) is 7.12. The number of aryl methyl sites for hydroxylation is 1. The Morgan fingerprint density at radius 3 is 2.41 bits per heavy atom. The second kappa shape index (κ2) is 12.3. The molecule has 0 unspecified atom stereocenters. The van der Waals surface area contributed by atoms with Gasteiger partial charge in [0.25, 0.3) is 0 Å². The van der Waals surface area contributed by atoms with Gasteiger partial charge in [0.05, 0.1) is 46.8 Å². The molecule has 0 spiro atoms. The Bertz CT molecular complexity index is 1700. The van der Waals surface area contributed by atoms with Gasteiger partial charge in [-0.25, -0.2) is 4.79 Å². The molecule has 0 saturated carbocycles. The molecule has 2 aromatic carbocycles.